The van der Waals surface area contributed by atoms with Crippen LogP contribution in [-0.4, -0.2) is 43.1 Å². The first kappa shape index (κ1) is 20.5. The molecular weight excluding hydrogens is 394 g/mol. The molecule has 1 aromatic heterocycles. The van der Waals surface area contributed by atoms with Gasteiger partial charge < -0.3 is 24.1 Å². The first-order valence-electron chi connectivity index (χ1n) is 8.69. The summed E-state index contributed by atoms with van der Waals surface area (Å²) < 4.78 is 20.8. The van der Waals surface area contributed by atoms with Crippen LogP contribution < -0.4 is 19.5 Å². The number of nitrogens with zero attached hydrogens (tertiary/aromatic N) is 2. The van der Waals surface area contributed by atoms with Crippen LogP contribution in [0.2, 0.25) is 0 Å². The predicted molar refractivity (Wildman–Crippen MR) is 111 cm³/mol. The van der Waals surface area contributed by atoms with Crippen molar-refractivity contribution in [1.82, 2.24) is 10.1 Å². The van der Waals surface area contributed by atoms with E-state index in [4.69, 9.17) is 18.7 Å². The molecule has 3 aromatic rings. The van der Waals surface area contributed by atoms with Crippen LogP contribution in [0.15, 0.2) is 47.0 Å². The highest BCUT2D eigenvalue weighted by atomic mass is 32.2. The van der Waals surface area contributed by atoms with Gasteiger partial charge in [0.05, 0.1) is 32.8 Å². The number of anilines is 1. The average molecular weight is 415 g/mol. The lowest BCUT2D eigenvalue weighted by atomic mass is 10.2. The van der Waals surface area contributed by atoms with Gasteiger partial charge in [-0.25, -0.2) is 0 Å². The van der Waals surface area contributed by atoms with Crippen molar-refractivity contribution in [2.24, 2.45) is 0 Å². The van der Waals surface area contributed by atoms with Gasteiger partial charge in [-0.3, -0.25) is 4.79 Å². The minimum atomic E-state index is -0.142. The Morgan fingerprint density at radius 2 is 1.79 bits per heavy atom. The molecule has 0 saturated carbocycles. The highest BCUT2D eigenvalue weighted by Crippen LogP contribution is 2.29. The molecule has 0 fully saturated rings. The number of benzene rings is 2. The van der Waals surface area contributed by atoms with Gasteiger partial charge in [0.15, 0.2) is 11.5 Å². The van der Waals surface area contributed by atoms with Crippen molar-refractivity contribution in [3.8, 4) is 28.6 Å². The molecule has 0 atom stereocenters. The zero-order valence-electron chi connectivity index (χ0n) is 16.3. The van der Waals surface area contributed by atoms with E-state index < -0.39 is 0 Å². The predicted octanol–water partition coefficient (Wildman–Crippen LogP) is 3.63. The maximum atomic E-state index is 12.2. The van der Waals surface area contributed by atoms with Gasteiger partial charge >= 0.3 is 0 Å². The molecule has 0 aliphatic carbocycles. The molecule has 0 aliphatic rings. The third-order valence-electron chi connectivity index (χ3n) is 3.94. The summed E-state index contributed by atoms with van der Waals surface area (Å²) in [5, 5.41) is 6.80. The quantitative estimate of drug-likeness (QED) is 0.566. The lowest BCUT2D eigenvalue weighted by Crippen LogP contribution is -2.14. The number of carbonyl (C=O) groups excluding carboxylic acids is 1. The lowest BCUT2D eigenvalue weighted by molar-refractivity contribution is -0.113. The molecule has 29 heavy (non-hydrogen) atoms. The molecular formula is C20H21N3O5S. The zero-order chi connectivity index (χ0) is 20.6. The summed E-state index contributed by atoms with van der Waals surface area (Å²) in [5.74, 6) is 3.40. The molecule has 0 spiro atoms. The van der Waals surface area contributed by atoms with Crippen molar-refractivity contribution in [3.63, 3.8) is 0 Å². The standard InChI is InChI=1S/C20H21N3O5S/c1-25-15-7-4-13(5-8-15)20-22-19(28-23-20)12-29-11-18(24)21-14-6-9-16(26-2)17(10-14)27-3/h4-10H,11-12H2,1-3H3,(H,21,24). The Balaban J connectivity index is 1.50. The molecule has 0 aliphatic heterocycles. The summed E-state index contributed by atoms with van der Waals surface area (Å²) in [6.07, 6.45) is 0. The Morgan fingerprint density at radius 3 is 2.48 bits per heavy atom. The number of carbonyl (C=O) groups is 1. The lowest BCUT2D eigenvalue weighted by Gasteiger charge is -2.10. The molecule has 1 amide bonds. The molecule has 9 heteroatoms. The fourth-order valence-electron chi connectivity index (χ4n) is 2.51. The van der Waals surface area contributed by atoms with Crippen molar-refractivity contribution >= 4 is 23.4 Å². The molecule has 1 N–H and O–H groups in total. The summed E-state index contributed by atoms with van der Waals surface area (Å²) in [4.78, 5) is 16.5. The van der Waals surface area contributed by atoms with E-state index in [1.54, 1.807) is 39.5 Å². The number of hydrogen-bond acceptors (Lipinski definition) is 8. The second-order valence-corrected chi connectivity index (χ2v) is 6.84. The second-order valence-electron chi connectivity index (χ2n) is 5.85. The number of methoxy groups -OCH3 is 3. The Kier molecular flexibility index (Phi) is 6.96. The van der Waals surface area contributed by atoms with Crippen LogP contribution in [0.3, 0.4) is 0 Å². The number of rotatable bonds is 9. The first-order chi connectivity index (χ1) is 14.1. The molecule has 0 bridgehead atoms. The number of amides is 1. The minimum Gasteiger partial charge on any atom is -0.497 e. The molecule has 2 aromatic carbocycles. The smallest absolute Gasteiger partial charge is 0.236 e. The number of aromatic nitrogens is 2. The molecule has 0 unspecified atom stereocenters. The van der Waals surface area contributed by atoms with E-state index in [0.717, 1.165) is 11.3 Å². The highest BCUT2D eigenvalue weighted by molar-refractivity contribution is 7.99. The SMILES string of the molecule is COc1ccc(-c2noc(CSCC(=O)Nc3ccc(OC)c(OC)c3)n2)cc1. The molecule has 8 nitrogen and oxygen atoms in total. The first-order valence-corrected chi connectivity index (χ1v) is 9.85. The van der Waals surface area contributed by atoms with Crippen molar-refractivity contribution in [2.75, 3.05) is 32.4 Å². The van der Waals surface area contributed by atoms with Gasteiger partial charge in [0.1, 0.15) is 5.75 Å². The summed E-state index contributed by atoms with van der Waals surface area (Å²) in [6.45, 7) is 0. The van der Waals surface area contributed by atoms with E-state index in [9.17, 15) is 4.79 Å². The summed E-state index contributed by atoms with van der Waals surface area (Å²) in [5.41, 5.74) is 1.46. The maximum Gasteiger partial charge on any atom is 0.236 e. The van der Waals surface area contributed by atoms with Crippen molar-refractivity contribution in [1.29, 1.82) is 0 Å². The number of thioether (sulfide) groups is 1. The van der Waals surface area contributed by atoms with Gasteiger partial charge in [0.2, 0.25) is 17.6 Å². The van der Waals surface area contributed by atoms with E-state index in [1.165, 1.54) is 11.8 Å². The number of nitrogens with one attached hydrogen (secondary N) is 1. The summed E-state index contributed by atoms with van der Waals surface area (Å²) in [6, 6.07) is 12.6. The fourth-order valence-corrected chi connectivity index (χ4v) is 3.16. The van der Waals surface area contributed by atoms with Crippen LogP contribution in [-0.2, 0) is 10.5 Å². The van der Waals surface area contributed by atoms with Crippen molar-refractivity contribution in [2.45, 2.75) is 5.75 Å². The Labute approximate surface area is 172 Å². The van der Waals surface area contributed by atoms with Crippen LogP contribution in [0.25, 0.3) is 11.4 Å². The van der Waals surface area contributed by atoms with E-state index in [2.05, 4.69) is 15.5 Å². The minimum absolute atomic E-state index is 0.142. The second kappa shape index (κ2) is 9.83. The van der Waals surface area contributed by atoms with E-state index in [-0.39, 0.29) is 11.7 Å². The summed E-state index contributed by atoms with van der Waals surface area (Å²) >= 11 is 1.38. The van der Waals surface area contributed by atoms with Crippen LogP contribution in [0, 0.1) is 0 Å². The van der Waals surface area contributed by atoms with Gasteiger partial charge in [-0.05, 0) is 36.4 Å². The largest absolute Gasteiger partial charge is 0.497 e. The van der Waals surface area contributed by atoms with Gasteiger partial charge in [0.25, 0.3) is 0 Å². The molecule has 3 rings (SSSR count). The Bertz CT molecular complexity index is 959. The molecule has 152 valence electrons. The number of hydrogen-bond donors (Lipinski definition) is 1. The Hall–Kier alpha value is -3.20. The molecule has 0 saturated heterocycles. The third-order valence-corrected chi connectivity index (χ3v) is 4.86. The van der Waals surface area contributed by atoms with E-state index >= 15 is 0 Å². The third kappa shape index (κ3) is 5.41. The van der Waals surface area contributed by atoms with Gasteiger partial charge in [-0.1, -0.05) is 5.16 Å². The normalized spacial score (nSPS) is 10.4. The molecule has 1 heterocycles. The molecule has 0 radical (unpaired) electrons. The highest BCUT2D eigenvalue weighted by Gasteiger charge is 2.11. The van der Waals surface area contributed by atoms with E-state index in [1.807, 2.05) is 24.3 Å². The van der Waals surface area contributed by atoms with Crippen LogP contribution >= 0.6 is 11.8 Å². The monoisotopic (exact) mass is 415 g/mol. The topological polar surface area (TPSA) is 95.7 Å². The zero-order valence-corrected chi connectivity index (χ0v) is 17.1. The van der Waals surface area contributed by atoms with Gasteiger partial charge in [-0.2, -0.15) is 4.98 Å². The number of ether oxygens (including phenoxy) is 3. The van der Waals surface area contributed by atoms with Crippen molar-refractivity contribution in [3.05, 3.63) is 48.4 Å². The van der Waals surface area contributed by atoms with Crippen LogP contribution in [0.4, 0.5) is 5.69 Å². The summed E-state index contributed by atoms with van der Waals surface area (Å²) in [7, 11) is 4.72. The van der Waals surface area contributed by atoms with E-state index in [0.29, 0.717) is 34.7 Å². The van der Waals surface area contributed by atoms with Gasteiger partial charge in [-0.15, -0.1) is 11.8 Å². The average Bonchev–Trinajstić information content (AvgIpc) is 3.22. The van der Waals surface area contributed by atoms with Crippen LogP contribution in [0.5, 0.6) is 17.2 Å². The van der Waals surface area contributed by atoms with Gasteiger partial charge in [0, 0.05) is 17.3 Å². The van der Waals surface area contributed by atoms with Crippen molar-refractivity contribution < 1.29 is 23.5 Å². The fraction of sp³-hybridized carbons (Fsp3) is 0.250. The van der Waals surface area contributed by atoms with Crippen LogP contribution in [0.1, 0.15) is 5.89 Å². The maximum absolute atomic E-state index is 12.2. The Morgan fingerprint density at radius 1 is 1.03 bits per heavy atom.